The lowest BCUT2D eigenvalue weighted by Gasteiger charge is -2.29. The summed E-state index contributed by atoms with van der Waals surface area (Å²) in [5.74, 6) is 0.00865. The van der Waals surface area contributed by atoms with Crippen molar-refractivity contribution in [3.63, 3.8) is 0 Å². The lowest BCUT2D eigenvalue weighted by atomic mass is 10.0. The minimum atomic E-state index is 0.00865. The van der Waals surface area contributed by atoms with Crippen LogP contribution < -0.4 is 4.90 Å². The predicted octanol–water partition coefficient (Wildman–Crippen LogP) is 4.26. The van der Waals surface area contributed by atoms with E-state index >= 15 is 0 Å². The van der Waals surface area contributed by atoms with E-state index in [0.717, 1.165) is 22.6 Å². The molecule has 27 heavy (non-hydrogen) atoms. The number of hydrogen-bond acceptors (Lipinski definition) is 2. The van der Waals surface area contributed by atoms with E-state index in [2.05, 4.69) is 46.0 Å². The normalized spacial score (nSPS) is 13.0. The molecule has 0 atom stereocenters. The van der Waals surface area contributed by atoms with Crippen molar-refractivity contribution in [2.75, 3.05) is 25.7 Å². The fourth-order valence-corrected chi connectivity index (χ4v) is 3.41. The van der Waals surface area contributed by atoms with Gasteiger partial charge in [0, 0.05) is 31.9 Å². The molecule has 3 aromatic carbocycles. The zero-order valence-electron chi connectivity index (χ0n) is 15.5. The Morgan fingerprint density at radius 3 is 2.22 bits per heavy atom. The topological polar surface area (TPSA) is 26.6 Å². The Labute approximate surface area is 159 Å². The Balaban J connectivity index is 1.92. The third-order valence-electron chi connectivity index (χ3n) is 4.72. The minimum absolute atomic E-state index is 0.00865. The molecular formula is C23H22N3O+. The Kier molecular flexibility index (Phi) is 4.47. The molecule has 4 rings (SSSR count). The molecule has 134 valence electrons. The van der Waals surface area contributed by atoms with E-state index in [1.807, 2.05) is 48.5 Å². The van der Waals surface area contributed by atoms with Crippen LogP contribution in [0.25, 0.3) is 0 Å². The van der Waals surface area contributed by atoms with E-state index in [-0.39, 0.29) is 5.91 Å². The quantitative estimate of drug-likeness (QED) is 0.656. The van der Waals surface area contributed by atoms with Crippen molar-refractivity contribution in [1.29, 1.82) is 0 Å². The van der Waals surface area contributed by atoms with Crippen LogP contribution in [0, 0.1) is 0 Å². The van der Waals surface area contributed by atoms with E-state index in [0.29, 0.717) is 12.2 Å². The van der Waals surface area contributed by atoms with Crippen LogP contribution in [-0.4, -0.2) is 42.4 Å². The molecule has 1 aliphatic rings. The smallest absolute Gasteiger partial charge is 0.255 e. The molecule has 1 aliphatic heterocycles. The highest BCUT2D eigenvalue weighted by atomic mass is 16.2. The van der Waals surface area contributed by atoms with Gasteiger partial charge in [0.15, 0.2) is 6.21 Å². The maximum Gasteiger partial charge on any atom is 0.255 e. The Bertz CT molecular complexity index is 995. The number of carbonyl (C=O) groups excluding carboxylic acids is 1. The van der Waals surface area contributed by atoms with E-state index in [9.17, 15) is 4.79 Å². The first kappa shape index (κ1) is 17.0. The van der Waals surface area contributed by atoms with Gasteiger partial charge in [-0.25, -0.2) is 0 Å². The zero-order chi connectivity index (χ0) is 18.8. The highest BCUT2D eigenvalue weighted by Crippen LogP contribution is 2.35. The largest absolute Gasteiger partial charge is 0.345 e. The van der Waals surface area contributed by atoms with Gasteiger partial charge in [0.05, 0.1) is 16.8 Å². The second-order valence-electron chi connectivity index (χ2n) is 6.78. The summed E-state index contributed by atoms with van der Waals surface area (Å²) in [7, 11) is 3.58. The van der Waals surface area contributed by atoms with Crippen LogP contribution in [0.4, 0.5) is 17.1 Å². The van der Waals surface area contributed by atoms with Crippen LogP contribution in [0.2, 0.25) is 0 Å². The Hall–Kier alpha value is -3.40. The molecular weight excluding hydrogens is 334 g/mol. The molecule has 0 radical (unpaired) electrons. The van der Waals surface area contributed by atoms with Gasteiger partial charge < -0.3 is 4.90 Å². The van der Waals surface area contributed by atoms with Crippen molar-refractivity contribution in [3.8, 4) is 0 Å². The number of amides is 1. The third kappa shape index (κ3) is 3.22. The Morgan fingerprint density at radius 2 is 1.56 bits per heavy atom. The number of benzene rings is 3. The number of hydrogen-bond donors (Lipinski definition) is 0. The van der Waals surface area contributed by atoms with E-state index in [1.54, 1.807) is 19.0 Å². The number of anilines is 2. The summed E-state index contributed by atoms with van der Waals surface area (Å²) in [5, 5.41) is 0. The van der Waals surface area contributed by atoms with Gasteiger partial charge in [-0.3, -0.25) is 9.69 Å². The van der Waals surface area contributed by atoms with Gasteiger partial charge in [-0.05, 0) is 24.3 Å². The summed E-state index contributed by atoms with van der Waals surface area (Å²) < 4.78 is 2.21. The average Bonchev–Trinajstić information content (AvgIpc) is 2.73. The molecule has 4 nitrogen and oxygen atoms in total. The summed E-state index contributed by atoms with van der Waals surface area (Å²) in [6, 6.07) is 26.4. The highest BCUT2D eigenvalue weighted by Gasteiger charge is 2.30. The molecule has 3 aromatic rings. The molecule has 1 heterocycles. The summed E-state index contributed by atoms with van der Waals surface area (Å²) in [6.07, 6.45) is 2.12. The molecule has 0 spiro atoms. The highest BCUT2D eigenvalue weighted by molar-refractivity contribution is 6.05. The molecule has 1 amide bonds. The molecule has 0 bridgehead atoms. The predicted molar refractivity (Wildman–Crippen MR) is 109 cm³/mol. The van der Waals surface area contributed by atoms with Crippen LogP contribution >= 0.6 is 0 Å². The fourth-order valence-electron chi connectivity index (χ4n) is 3.41. The van der Waals surface area contributed by atoms with Crippen LogP contribution in [0.1, 0.15) is 15.9 Å². The molecule has 0 saturated heterocycles. The molecule has 0 N–H and O–H groups in total. The van der Waals surface area contributed by atoms with Crippen molar-refractivity contribution in [2.24, 2.45) is 0 Å². The standard InChI is InChI=1S/C23H22N3O/c1-24(2)23(27)21-15-9-10-18-16-25(19-11-5-3-6-12-19)17-26(22(18)21)20-13-7-4-8-14-20/h3-16H,17H2,1-2H3/q+1. The maximum atomic E-state index is 12.8. The van der Waals surface area contributed by atoms with E-state index < -0.39 is 0 Å². The first-order valence-corrected chi connectivity index (χ1v) is 8.99. The zero-order valence-corrected chi connectivity index (χ0v) is 15.5. The summed E-state index contributed by atoms with van der Waals surface area (Å²) in [6.45, 7) is 0.638. The third-order valence-corrected chi connectivity index (χ3v) is 4.72. The molecule has 0 unspecified atom stereocenters. The number of fused-ring (bicyclic) bond motifs is 1. The first-order valence-electron chi connectivity index (χ1n) is 8.99. The number of rotatable bonds is 3. The fraction of sp³-hybridized carbons (Fsp3) is 0.130. The first-order chi connectivity index (χ1) is 13.1. The monoisotopic (exact) mass is 356 g/mol. The molecule has 0 saturated carbocycles. The molecule has 4 heteroatoms. The van der Waals surface area contributed by atoms with Crippen LogP contribution in [0.5, 0.6) is 0 Å². The van der Waals surface area contributed by atoms with Crippen LogP contribution in [-0.2, 0) is 0 Å². The van der Waals surface area contributed by atoms with E-state index in [1.165, 1.54) is 0 Å². The second kappa shape index (κ2) is 7.08. The van der Waals surface area contributed by atoms with Crippen molar-refractivity contribution in [1.82, 2.24) is 4.90 Å². The molecule has 0 aromatic heterocycles. The van der Waals surface area contributed by atoms with Crippen LogP contribution in [0.3, 0.4) is 0 Å². The van der Waals surface area contributed by atoms with Crippen molar-refractivity contribution >= 4 is 29.2 Å². The van der Waals surface area contributed by atoms with Gasteiger partial charge in [0.25, 0.3) is 5.91 Å². The summed E-state index contributed by atoms with van der Waals surface area (Å²) in [5.41, 5.74) is 4.88. The van der Waals surface area contributed by atoms with Crippen molar-refractivity contribution in [2.45, 2.75) is 0 Å². The number of carbonyl (C=O) groups is 1. The second-order valence-corrected chi connectivity index (χ2v) is 6.78. The average molecular weight is 356 g/mol. The summed E-state index contributed by atoms with van der Waals surface area (Å²) in [4.78, 5) is 16.7. The van der Waals surface area contributed by atoms with E-state index in [4.69, 9.17) is 0 Å². The van der Waals surface area contributed by atoms with Gasteiger partial charge in [0.2, 0.25) is 12.4 Å². The lowest BCUT2D eigenvalue weighted by molar-refractivity contribution is -0.434. The Morgan fingerprint density at radius 1 is 0.889 bits per heavy atom. The summed E-state index contributed by atoms with van der Waals surface area (Å²) >= 11 is 0. The molecule has 0 aliphatic carbocycles. The molecule has 0 fully saturated rings. The van der Waals surface area contributed by atoms with Gasteiger partial charge >= 0.3 is 0 Å². The van der Waals surface area contributed by atoms with Gasteiger partial charge in [-0.15, -0.1) is 0 Å². The minimum Gasteiger partial charge on any atom is -0.345 e. The van der Waals surface area contributed by atoms with Crippen LogP contribution in [0.15, 0.2) is 78.9 Å². The van der Waals surface area contributed by atoms with Crippen molar-refractivity contribution < 1.29 is 9.37 Å². The van der Waals surface area contributed by atoms with Gasteiger partial charge in [-0.2, -0.15) is 4.58 Å². The van der Waals surface area contributed by atoms with Gasteiger partial charge in [0.1, 0.15) is 0 Å². The van der Waals surface area contributed by atoms with Gasteiger partial charge in [-0.1, -0.05) is 42.5 Å². The number of para-hydroxylation sites is 3. The number of nitrogens with zero attached hydrogens (tertiary/aromatic N) is 3. The maximum absolute atomic E-state index is 12.8. The SMILES string of the molecule is CN(C)C(=O)c1cccc2c1N(c1ccccc1)C[N+](c1ccccc1)=C2. The van der Waals surface area contributed by atoms with Crippen molar-refractivity contribution in [3.05, 3.63) is 90.0 Å². The lowest BCUT2D eigenvalue weighted by Crippen LogP contribution is -2.34.